The maximum Gasteiger partial charge on any atom is 0.410 e. The number of likely N-dealkylation sites (tertiary alicyclic amines) is 1. The van der Waals surface area contributed by atoms with Gasteiger partial charge in [0.15, 0.2) is 0 Å². The fraction of sp³-hybridized carbons (Fsp3) is 0.462. The Bertz CT molecular complexity index is 417. The minimum Gasteiger partial charge on any atom is -0.444 e. The van der Waals surface area contributed by atoms with Crippen molar-refractivity contribution in [3.8, 4) is 0 Å². The molecule has 2 rings (SSSR count). The molecule has 2 N–H and O–H groups in total. The molecule has 1 aromatic carbocycles. The van der Waals surface area contributed by atoms with Gasteiger partial charge in [0.05, 0.1) is 0 Å². The summed E-state index contributed by atoms with van der Waals surface area (Å²) in [6, 6.07) is 6.44. The number of rotatable bonds is 2. The standard InChI is InChI=1S/C13H17FN2O2/c14-12-4-2-1-3-10(12)9-18-13(17)16-7-5-11(15)6-8-16/h1-4,11H,5-9,15H2. The molecule has 0 atom stereocenters. The van der Waals surface area contributed by atoms with E-state index in [0.717, 1.165) is 12.8 Å². The van der Waals surface area contributed by atoms with Gasteiger partial charge in [-0.1, -0.05) is 18.2 Å². The maximum absolute atomic E-state index is 13.3. The van der Waals surface area contributed by atoms with Crippen LogP contribution in [0.2, 0.25) is 0 Å². The molecule has 0 aromatic heterocycles. The molecule has 1 aliphatic heterocycles. The van der Waals surface area contributed by atoms with Gasteiger partial charge in [-0.05, 0) is 18.9 Å². The maximum atomic E-state index is 13.3. The summed E-state index contributed by atoms with van der Waals surface area (Å²) in [5.41, 5.74) is 6.14. The zero-order valence-corrected chi connectivity index (χ0v) is 10.1. The van der Waals surface area contributed by atoms with E-state index in [2.05, 4.69) is 0 Å². The molecule has 4 nitrogen and oxygen atoms in total. The number of nitrogens with two attached hydrogens (primary N) is 1. The summed E-state index contributed by atoms with van der Waals surface area (Å²) < 4.78 is 18.4. The zero-order valence-electron chi connectivity index (χ0n) is 10.1. The highest BCUT2D eigenvalue weighted by Crippen LogP contribution is 2.12. The van der Waals surface area contributed by atoms with E-state index in [4.69, 9.17) is 10.5 Å². The Labute approximate surface area is 106 Å². The van der Waals surface area contributed by atoms with Crippen molar-refractivity contribution in [1.82, 2.24) is 4.90 Å². The van der Waals surface area contributed by atoms with Crippen LogP contribution in [0.5, 0.6) is 0 Å². The van der Waals surface area contributed by atoms with Gasteiger partial charge in [0.1, 0.15) is 12.4 Å². The topological polar surface area (TPSA) is 55.6 Å². The summed E-state index contributed by atoms with van der Waals surface area (Å²) in [6.07, 6.45) is 1.18. The van der Waals surface area contributed by atoms with Crippen LogP contribution in [0, 0.1) is 5.82 Å². The van der Waals surface area contributed by atoms with Gasteiger partial charge in [-0.25, -0.2) is 9.18 Å². The van der Waals surface area contributed by atoms with Crippen LogP contribution in [0.1, 0.15) is 18.4 Å². The van der Waals surface area contributed by atoms with E-state index >= 15 is 0 Å². The fourth-order valence-corrected chi connectivity index (χ4v) is 1.93. The number of carbonyl (C=O) groups is 1. The molecule has 0 spiro atoms. The number of amides is 1. The van der Waals surface area contributed by atoms with E-state index in [9.17, 15) is 9.18 Å². The second-order valence-corrected chi connectivity index (χ2v) is 4.47. The van der Waals surface area contributed by atoms with E-state index in [1.165, 1.54) is 6.07 Å². The number of benzene rings is 1. The van der Waals surface area contributed by atoms with Crippen LogP contribution in [0.4, 0.5) is 9.18 Å². The monoisotopic (exact) mass is 252 g/mol. The molecule has 1 fully saturated rings. The number of hydrogen-bond acceptors (Lipinski definition) is 3. The first kappa shape index (κ1) is 12.8. The van der Waals surface area contributed by atoms with Crippen LogP contribution in [-0.2, 0) is 11.3 Å². The van der Waals surface area contributed by atoms with Gasteiger partial charge in [0.25, 0.3) is 0 Å². The normalized spacial score (nSPS) is 16.7. The lowest BCUT2D eigenvalue weighted by molar-refractivity contribution is 0.0865. The molecule has 0 aliphatic carbocycles. The Hall–Kier alpha value is -1.62. The smallest absolute Gasteiger partial charge is 0.410 e. The molecule has 1 heterocycles. The van der Waals surface area contributed by atoms with Gasteiger partial charge >= 0.3 is 6.09 Å². The molecule has 18 heavy (non-hydrogen) atoms. The first-order chi connectivity index (χ1) is 8.66. The molecule has 0 unspecified atom stereocenters. The first-order valence-electron chi connectivity index (χ1n) is 6.07. The van der Waals surface area contributed by atoms with Crippen molar-refractivity contribution in [1.29, 1.82) is 0 Å². The molecule has 0 bridgehead atoms. The third-order valence-electron chi connectivity index (χ3n) is 3.11. The van der Waals surface area contributed by atoms with Gasteiger partial charge in [-0.3, -0.25) is 0 Å². The number of halogens is 1. The van der Waals surface area contributed by atoms with E-state index in [0.29, 0.717) is 18.7 Å². The quantitative estimate of drug-likeness (QED) is 0.874. The molecule has 1 amide bonds. The third-order valence-corrected chi connectivity index (χ3v) is 3.11. The van der Waals surface area contributed by atoms with Crippen LogP contribution in [0.15, 0.2) is 24.3 Å². The van der Waals surface area contributed by atoms with Crippen molar-refractivity contribution >= 4 is 6.09 Å². The van der Waals surface area contributed by atoms with Crippen LogP contribution in [0.25, 0.3) is 0 Å². The Balaban J connectivity index is 1.83. The van der Waals surface area contributed by atoms with Gasteiger partial charge in [-0.15, -0.1) is 0 Å². The Morgan fingerprint density at radius 1 is 1.39 bits per heavy atom. The van der Waals surface area contributed by atoms with Crippen LogP contribution >= 0.6 is 0 Å². The third kappa shape index (κ3) is 3.20. The van der Waals surface area contributed by atoms with Crippen molar-refractivity contribution in [3.05, 3.63) is 35.6 Å². The van der Waals surface area contributed by atoms with E-state index in [1.54, 1.807) is 23.1 Å². The SMILES string of the molecule is NC1CCN(C(=O)OCc2ccccc2F)CC1. The van der Waals surface area contributed by atoms with Crippen molar-refractivity contribution in [3.63, 3.8) is 0 Å². The average molecular weight is 252 g/mol. The fourth-order valence-electron chi connectivity index (χ4n) is 1.93. The molecule has 98 valence electrons. The second kappa shape index (κ2) is 5.82. The van der Waals surface area contributed by atoms with Crippen molar-refractivity contribution in [2.45, 2.75) is 25.5 Å². The number of piperidine rings is 1. The highest BCUT2D eigenvalue weighted by Gasteiger charge is 2.21. The Kier molecular flexibility index (Phi) is 4.15. The molecular weight excluding hydrogens is 235 g/mol. The first-order valence-corrected chi connectivity index (χ1v) is 6.07. The number of ether oxygens (including phenoxy) is 1. The van der Waals surface area contributed by atoms with Crippen LogP contribution < -0.4 is 5.73 Å². The predicted molar refractivity (Wildman–Crippen MR) is 65.4 cm³/mol. The lowest BCUT2D eigenvalue weighted by Crippen LogP contribution is -2.43. The average Bonchev–Trinajstić information content (AvgIpc) is 2.38. The van der Waals surface area contributed by atoms with E-state index < -0.39 is 6.09 Å². The van der Waals surface area contributed by atoms with Crippen molar-refractivity contribution in [2.24, 2.45) is 5.73 Å². The zero-order chi connectivity index (χ0) is 13.0. The van der Waals surface area contributed by atoms with Gasteiger partial charge in [0.2, 0.25) is 0 Å². The summed E-state index contributed by atoms with van der Waals surface area (Å²) in [5.74, 6) is -0.356. The summed E-state index contributed by atoms with van der Waals surface area (Å²) in [6.45, 7) is 1.18. The largest absolute Gasteiger partial charge is 0.444 e. The van der Waals surface area contributed by atoms with E-state index in [-0.39, 0.29) is 18.5 Å². The van der Waals surface area contributed by atoms with Gasteiger partial charge < -0.3 is 15.4 Å². The molecule has 1 aromatic rings. The van der Waals surface area contributed by atoms with Gasteiger partial charge in [-0.2, -0.15) is 0 Å². The predicted octanol–water partition coefficient (Wildman–Crippen LogP) is 1.89. The Morgan fingerprint density at radius 2 is 2.06 bits per heavy atom. The minimum atomic E-state index is -0.398. The van der Waals surface area contributed by atoms with Crippen molar-refractivity contribution in [2.75, 3.05) is 13.1 Å². The molecule has 1 aliphatic rings. The minimum absolute atomic E-state index is 0.0337. The lowest BCUT2D eigenvalue weighted by Gasteiger charge is -2.29. The molecule has 0 saturated carbocycles. The number of nitrogens with zero attached hydrogens (tertiary/aromatic N) is 1. The lowest BCUT2D eigenvalue weighted by atomic mass is 10.1. The number of carbonyl (C=O) groups excluding carboxylic acids is 1. The van der Waals surface area contributed by atoms with Crippen LogP contribution in [-0.4, -0.2) is 30.1 Å². The second-order valence-electron chi connectivity index (χ2n) is 4.47. The Morgan fingerprint density at radius 3 is 2.72 bits per heavy atom. The van der Waals surface area contributed by atoms with Gasteiger partial charge in [0, 0.05) is 24.7 Å². The molecule has 0 radical (unpaired) electrons. The van der Waals surface area contributed by atoms with Crippen LogP contribution in [0.3, 0.4) is 0 Å². The van der Waals surface area contributed by atoms with Crippen molar-refractivity contribution < 1.29 is 13.9 Å². The summed E-state index contributed by atoms with van der Waals surface area (Å²) in [5, 5.41) is 0. The van der Waals surface area contributed by atoms with E-state index in [1.807, 2.05) is 0 Å². The molecule has 1 saturated heterocycles. The molecular formula is C13H17FN2O2. The molecule has 5 heteroatoms. The highest BCUT2D eigenvalue weighted by atomic mass is 19.1. The summed E-state index contributed by atoms with van der Waals surface area (Å²) >= 11 is 0. The highest BCUT2D eigenvalue weighted by molar-refractivity contribution is 5.67. The summed E-state index contributed by atoms with van der Waals surface area (Å²) in [4.78, 5) is 13.3. The summed E-state index contributed by atoms with van der Waals surface area (Å²) in [7, 11) is 0. The number of hydrogen-bond donors (Lipinski definition) is 1.